The number of fused-ring (bicyclic) bond motifs is 1. The van der Waals surface area contributed by atoms with Crippen molar-refractivity contribution >= 4 is 10.9 Å². The van der Waals surface area contributed by atoms with Crippen molar-refractivity contribution in [2.24, 2.45) is 5.73 Å². The normalized spacial score (nSPS) is 17.4. The molecule has 0 saturated heterocycles. The molecule has 0 spiro atoms. The van der Waals surface area contributed by atoms with Gasteiger partial charge in [-0.2, -0.15) is 0 Å². The number of hydrogen-bond donors (Lipinski definition) is 1. The predicted molar refractivity (Wildman–Crippen MR) is 72.9 cm³/mol. The van der Waals surface area contributed by atoms with Gasteiger partial charge in [-0.25, -0.2) is 4.98 Å². The van der Waals surface area contributed by atoms with E-state index in [1.54, 1.807) is 7.11 Å². The molecular formula is C15H18N2O. The van der Waals surface area contributed by atoms with Gasteiger partial charge in [-0.3, -0.25) is 0 Å². The molecule has 2 aromatic rings. The van der Waals surface area contributed by atoms with Crippen molar-refractivity contribution in [2.75, 3.05) is 13.7 Å². The van der Waals surface area contributed by atoms with Gasteiger partial charge in [-0.15, -0.1) is 0 Å². The van der Waals surface area contributed by atoms with E-state index in [2.05, 4.69) is 17.1 Å². The van der Waals surface area contributed by atoms with Gasteiger partial charge in [-0.1, -0.05) is 24.6 Å². The number of benzene rings is 1. The smallest absolute Gasteiger partial charge is 0.217 e. The summed E-state index contributed by atoms with van der Waals surface area (Å²) in [5, 5.41) is 1.16. The molecule has 2 N–H and O–H groups in total. The van der Waals surface area contributed by atoms with Crippen LogP contribution in [-0.4, -0.2) is 18.6 Å². The number of nitrogens with two attached hydrogens (primary N) is 1. The van der Waals surface area contributed by atoms with E-state index in [0.717, 1.165) is 29.6 Å². The van der Waals surface area contributed by atoms with Crippen molar-refractivity contribution in [2.45, 2.75) is 24.7 Å². The highest BCUT2D eigenvalue weighted by Gasteiger charge is 2.40. The molecule has 3 rings (SSSR count). The molecule has 1 aromatic carbocycles. The Morgan fingerprint density at radius 2 is 2.11 bits per heavy atom. The summed E-state index contributed by atoms with van der Waals surface area (Å²) in [5.41, 5.74) is 8.23. The van der Waals surface area contributed by atoms with Crippen LogP contribution < -0.4 is 10.5 Å². The van der Waals surface area contributed by atoms with Gasteiger partial charge in [0.2, 0.25) is 5.88 Å². The van der Waals surface area contributed by atoms with Gasteiger partial charge < -0.3 is 10.5 Å². The molecule has 3 heteroatoms. The SMILES string of the molecule is COc1nc2ccccc2cc1C1(CN)CCC1. The van der Waals surface area contributed by atoms with Crippen LogP contribution in [0.25, 0.3) is 10.9 Å². The van der Waals surface area contributed by atoms with Gasteiger partial charge in [0.05, 0.1) is 12.6 Å². The molecule has 0 bridgehead atoms. The summed E-state index contributed by atoms with van der Waals surface area (Å²) in [4.78, 5) is 4.61. The third-order valence-corrected chi connectivity index (χ3v) is 4.16. The van der Waals surface area contributed by atoms with Crippen LogP contribution in [-0.2, 0) is 5.41 Å². The minimum absolute atomic E-state index is 0.0857. The fourth-order valence-electron chi connectivity index (χ4n) is 2.82. The van der Waals surface area contributed by atoms with Gasteiger partial charge in [0.25, 0.3) is 0 Å². The molecule has 1 fully saturated rings. The number of para-hydroxylation sites is 1. The molecule has 0 aliphatic heterocycles. The topological polar surface area (TPSA) is 48.1 Å². The quantitative estimate of drug-likeness (QED) is 0.900. The Kier molecular flexibility index (Phi) is 2.71. The summed E-state index contributed by atoms with van der Waals surface area (Å²) >= 11 is 0. The highest BCUT2D eigenvalue weighted by molar-refractivity contribution is 5.80. The number of methoxy groups -OCH3 is 1. The molecule has 1 aliphatic rings. The first-order valence-corrected chi connectivity index (χ1v) is 6.43. The van der Waals surface area contributed by atoms with Crippen molar-refractivity contribution in [3.63, 3.8) is 0 Å². The summed E-state index contributed by atoms with van der Waals surface area (Å²) in [6.07, 6.45) is 3.52. The summed E-state index contributed by atoms with van der Waals surface area (Å²) in [6.45, 7) is 0.670. The Morgan fingerprint density at radius 1 is 1.33 bits per heavy atom. The average Bonchev–Trinajstić information content (AvgIpc) is 2.37. The fourth-order valence-corrected chi connectivity index (χ4v) is 2.82. The van der Waals surface area contributed by atoms with E-state index in [1.165, 1.54) is 12.0 Å². The standard InChI is InChI=1S/C15H18N2O/c1-18-14-12(15(10-16)7-4-8-15)9-11-5-2-3-6-13(11)17-14/h2-3,5-6,9H,4,7-8,10,16H2,1H3. The van der Waals surface area contributed by atoms with E-state index in [1.807, 2.05) is 18.2 Å². The maximum absolute atomic E-state index is 5.99. The van der Waals surface area contributed by atoms with Crippen LogP contribution in [0.5, 0.6) is 5.88 Å². The van der Waals surface area contributed by atoms with E-state index < -0.39 is 0 Å². The monoisotopic (exact) mass is 242 g/mol. The van der Waals surface area contributed by atoms with Gasteiger partial charge in [-0.05, 0) is 25.0 Å². The number of aromatic nitrogens is 1. The molecule has 0 atom stereocenters. The van der Waals surface area contributed by atoms with Crippen LogP contribution in [0.3, 0.4) is 0 Å². The van der Waals surface area contributed by atoms with Crippen LogP contribution in [0.2, 0.25) is 0 Å². The van der Waals surface area contributed by atoms with Crippen molar-refractivity contribution in [1.82, 2.24) is 4.98 Å². The van der Waals surface area contributed by atoms with Crippen molar-refractivity contribution in [3.8, 4) is 5.88 Å². The maximum atomic E-state index is 5.99. The number of nitrogens with zero attached hydrogens (tertiary/aromatic N) is 1. The van der Waals surface area contributed by atoms with Crippen molar-refractivity contribution < 1.29 is 4.74 Å². The first-order chi connectivity index (χ1) is 8.79. The molecule has 1 aromatic heterocycles. The second-order valence-electron chi connectivity index (χ2n) is 5.08. The Hall–Kier alpha value is -1.61. The van der Waals surface area contributed by atoms with Crippen LogP contribution >= 0.6 is 0 Å². The molecular weight excluding hydrogens is 224 g/mol. The Bertz CT molecular complexity index is 570. The highest BCUT2D eigenvalue weighted by Crippen LogP contribution is 2.46. The Morgan fingerprint density at radius 3 is 2.72 bits per heavy atom. The molecule has 3 nitrogen and oxygen atoms in total. The third kappa shape index (κ3) is 1.58. The molecule has 1 heterocycles. The van der Waals surface area contributed by atoms with E-state index in [0.29, 0.717) is 6.54 Å². The second-order valence-corrected chi connectivity index (χ2v) is 5.08. The van der Waals surface area contributed by atoms with E-state index in [-0.39, 0.29) is 5.41 Å². The molecule has 18 heavy (non-hydrogen) atoms. The lowest BCUT2D eigenvalue weighted by molar-refractivity contribution is 0.241. The number of ether oxygens (including phenoxy) is 1. The minimum Gasteiger partial charge on any atom is -0.481 e. The van der Waals surface area contributed by atoms with Gasteiger partial charge in [0.15, 0.2) is 0 Å². The number of pyridine rings is 1. The van der Waals surface area contributed by atoms with E-state index in [4.69, 9.17) is 10.5 Å². The summed E-state index contributed by atoms with van der Waals surface area (Å²) in [5.74, 6) is 0.735. The molecule has 1 aliphatic carbocycles. The zero-order valence-electron chi connectivity index (χ0n) is 10.6. The van der Waals surface area contributed by atoms with Gasteiger partial charge in [0, 0.05) is 22.9 Å². The first-order valence-electron chi connectivity index (χ1n) is 6.43. The zero-order valence-corrected chi connectivity index (χ0v) is 10.6. The fraction of sp³-hybridized carbons (Fsp3) is 0.400. The van der Waals surface area contributed by atoms with Crippen LogP contribution in [0.15, 0.2) is 30.3 Å². The van der Waals surface area contributed by atoms with Crippen molar-refractivity contribution in [1.29, 1.82) is 0 Å². The molecule has 0 radical (unpaired) electrons. The third-order valence-electron chi connectivity index (χ3n) is 4.16. The van der Waals surface area contributed by atoms with E-state index >= 15 is 0 Å². The first kappa shape index (κ1) is 11.5. The maximum Gasteiger partial charge on any atom is 0.217 e. The molecule has 0 amide bonds. The lowest BCUT2D eigenvalue weighted by Gasteiger charge is -2.41. The Labute approximate surface area is 107 Å². The number of rotatable bonds is 3. The predicted octanol–water partition coefficient (Wildman–Crippen LogP) is 2.62. The van der Waals surface area contributed by atoms with Gasteiger partial charge >= 0.3 is 0 Å². The van der Waals surface area contributed by atoms with E-state index in [9.17, 15) is 0 Å². The highest BCUT2D eigenvalue weighted by atomic mass is 16.5. The van der Waals surface area contributed by atoms with Crippen LogP contribution in [0, 0.1) is 0 Å². The largest absolute Gasteiger partial charge is 0.481 e. The minimum atomic E-state index is 0.0857. The number of hydrogen-bond acceptors (Lipinski definition) is 3. The summed E-state index contributed by atoms with van der Waals surface area (Å²) in [7, 11) is 1.68. The van der Waals surface area contributed by atoms with Gasteiger partial charge in [0.1, 0.15) is 0 Å². The zero-order chi connectivity index (χ0) is 12.6. The lowest BCUT2D eigenvalue weighted by atomic mass is 9.64. The van der Waals surface area contributed by atoms with Crippen molar-refractivity contribution in [3.05, 3.63) is 35.9 Å². The lowest BCUT2D eigenvalue weighted by Crippen LogP contribution is -2.41. The Balaban J connectivity index is 2.20. The molecule has 1 saturated carbocycles. The summed E-state index contributed by atoms with van der Waals surface area (Å²) in [6, 6.07) is 10.3. The second kappa shape index (κ2) is 4.25. The molecule has 0 unspecified atom stereocenters. The molecule has 94 valence electrons. The van der Waals surface area contributed by atoms with Crippen LogP contribution in [0.1, 0.15) is 24.8 Å². The van der Waals surface area contributed by atoms with Crippen LogP contribution in [0.4, 0.5) is 0 Å². The average molecular weight is 242 g/mol. The summed E-state index contributed by atoms with van der Waals surface area (Å²) < 4.78 is 5.47.